The summed E-state index contributed by atoms with van der Waals surface area (Å²) >= 11 is 0.829. The first kappa shape index (κ1) is 13.4. The molecular formula is C9H13N3O4S. The number of thiazole rings is 1. The quantitative estimate of drug-likeness (QED) is 0.597. The van der Waals surface area contributed by atoms with E-state index in [9.17, 15) is 14.9 Å². The van der Waals surface area contributed by atoms with Crippen molar-refractivity contribution >= 4 is 27.4 Å². The number of aliphatic carboxylic acids is 1. The van der Waals surface area contributed by atoms with Gasteiger partial charge in [0.2, 0.25) is 0 Å². The van der Waals surface area contributed by atoms with Gasteiger partial charge in [-0.15, -0.1) is 0 Å². The summed E-state index contributed by atoms with van der Waals surface area (Å²) in [5.74, 6) is -0.782. The standard InChI is InChI=1S/C9H13N3O4S/c1-5(2)3-6(8(13)14)11-9-10-4-7(17-9)12(15)16/h4-6H,3H2,1-2H3,(H,10,11)(H,13,14). The Morgan fingerprint density at radius 2 is 2.35 bits per heavy atom. The Hall–Kier alpha value is -1.70. The summed E-state index contributed by atoms with van der Waals surface area (Å²) in [5.41, 5.74) is 0. The lowest BCUT2D eigenvalue weighted by Crippen LogP contribution is -2.30. The number of carboxylic acids is 1. The summed E-state index contributed by atoms with van der Waals surface area (Å²) in [7, 11) is 0. The van der Waals surface area contributed by atoms with Crippen molar-refractivity contribution in [1.29, 1.82) is 0 Å². The molecule has 94 valence electrons. The van der Waals surface area contributed by atoms with Crippen LogP contribution >= 0.6 is 11.3 Å². The third kappa shape index (κ3) is 3.99. The molecule has 1 heterocycles. The minimum absolute atomic E-state index is 0.110. The number of aromatic nitrogens is 1. The predicted octanol–water partition coefficient (Wildman–Crippen LogP) is 1.96. The molecule has 1 rings (SSSR count). The second-order valence-electron chi connectivity index (χ2n) is 3.93. The third-order valence-electron chi connectivity index (χ3n) is 1.98. The van der Waals surface area contributed by atoms with Gasteiger partial charge in [0, 0.05) is 0 Å². The van der Waals surface area contributed by atoms with Crippen LogP contribution in [-0.2, 0) is 4.79 Å². The van der Waals surface area contributed by atoms with Crippen LogP contribution < -0.4 is 5.32 Å². The van der Waals surface area contributed by atoms with Crippen molar-refractivity contribution in [3.8, 4) is 0 Å². The van der Waals surface area contributed by atoms with E-state index < -0.39 is 16.9 Å². The molecule has 0 bridgehead atoms. The number of nitro groups is 1. The second-order valence-corrected chi connectivity index (χ2v) is 4.93. The first-order valence-corrected chi connectivity index (χ1v) is 5.81. The molecule has 0 spiro atoms. The Morgan fingerprint density at radius 1 is 1.71 bits per heavy atom. The van der Waals surface area contributed by atoms with Crippen molar-refractivity contribution in [1.82, 2.24) is 4.98 Å². The van der Waals surface area contributed by atoms with Crippen molar-refractivity contribution in [2.75, 3.05) is 5.32 Å². The van der Waals surface area contributed by atoms with Gasteiger partial charge in [0.15, 0.2) is 5.13 Å². The number of nitrogens with one attached hydrogen (secondary N) is 1. The molecule has 8 heteroatoms. The number of hydrogen-bond donors (Lipinski definition) is 2. The fourth-order valence-corrected chi connectivity index (χ4v) is 1.94. The van der Waals surface area contributed by atoms with Crippen molar-refractivity contribution < 1.29 is 14.8 Å². The van der Waals surface area contributed by atoms with Crippen LogP contribution in [0.5, 0.6) is 0 Å². The fraction of sp³-hybridized carbons (Fsp3) is 0.556. The van der Waals surface area contributed by atoms with Gasteiger partial charge in [0.1, 0.15) is 12.2 Å². The van der Waals surface area contributed by atoms with Gasteiger partial charge in [-0.2, -0.15) is 0 Å². The molecule has 0 aliphatic rings. The first-order chi connectivity index (χ1) is 7.90. The van der Waals surface area contributed by atoms with Crippen LogP contribution in [0.15, 0.2) is 6.20 Å². The van der Waals surface area contributed by atoms with E-state index in [0.717, 1.165) is 17.5 Å². The average Bonchev–Trinajstić information content (AvgIpc) is 2.64. The maximum Gasteiger partial charge on any atom is 0.345 e. The van der Waals surface area contributed by atoms with Crippen molar-refractivity contribution in [3.63, 3.8) is 0 Å². The number of carbonyl (C=O) groups is 1. The lowest BCUT2D eigenvalue weighted by atomic mass is 10.0. The first-order valence-electron chi connectivity index (χ1n) is 4.99. The van der Waals surface area contributed by atoms with Crippen LogP contribution in [0.3, 0.4) is 0 Å². The highest BCUT2D eigenvalue weighted by Crippen LogP contribution is 2.26. The highest BCUT2D eigenvalue weighted by molar-refractivity contribution is 7.18. The monoisotopic (exact) mass is 259 g/mol. The van der Waals surface area contributed by atoms with Gasteiger partial charge in [0.25, 0.3) is 0 Å². The van der Waals surface area contributed by atoms with E-state index in [1.165, 1.54) is 0 Å². The Bertz CT molecular complexity index is 418. The zero-order valence-electron chi connectivity index (χ0n) is 9.41. The maximum absolute atomic E-state index is 11.0. The lowest BCUT2D eigenvalue weighted by molar-refractivity contribution is -0.380. The molecular weight excluding hydrogens is 246 g/mol. The molecule has 0 radical (unpaired) electrons. The molecule has 17 heavy (non-hydrogen) atoms. The van der Waals surface area contributed by atoms with Crippen molar-refractivity contribution in [3.05, 3.63) is 16.3 Å². The lowest BCUT2D eigenvalue weighted by Gasteiger charge is -2.15. The third-order valence-corrected chi connectivity index (χ3v) is 2.86. The summed E-state index contributed by atoms with van der Waals surface area (Å²) in [6.45, 7) is 3.81. The Kier molecular flexibility index (Phi) is 4.38. The van der Waals surface area contributed by atoms with Crippen molar-refractivity contribution in [2.24, 2.45) is 5.92 Å². The Labute approximate surface area is 102 Å². The smallest absolute Gasteiger partial charge is 0.345 e. The topological polar surface area (TPSA) is 105 Å². The number of rotatable bonds is 6. The van der Waals surface area contributed by atoms with E-state index in [4.69, 9.17) is 5.11 Å². The Morgan fingerprint density at radius 3 is 2.76 bits per heavy atom. The SMILES string of the molecule is CC(C)CC(Nc1ncc([N+](=O)[O-])s1)C(=O)O. The molecule has 1 aromatic rings. The molecule has 2 N–H and O–H groups in total. The van der Waals surface area contributed by atoms with E-state index >= 15 is 0 Å². The van der Waals surface area contributed by atoms with Crippen LogP contribution in [0.4, 0.5) is 10.1 Å². The molecule has 0 saturated carbocycles. The predicted molar refractivity (Wildman–Crippen MR) is 63.3 cm³/mol. The van der Waals surface area contributed by atoms with Gasteiger partial charge in [0.05, 0.1) is 4.92 Å². The molecule has 0 aromatic carbocycles. The molecule has 0 amide bonds. The molecule has 1 unspecified atom stereocenters. The van der Waals surface area contributed by atoms with Crippen LogP contribution in [0.25, 0.3) is 0 Å². The highest BCUT2D eigenvalue weighted by atomic mass is 32.1. The van der Waals surface area contributed by atoms with Gasteiger partial charge in [-0.25, -0.2) is 9.78 Å². The molecule has 0 saturated heterocycles. The summed E-state index contributed by atoms with van der Waals surface area (Å²) in [5, 5.41) is 22.3. The van der Waals surface area contributed by atoms with E-state index in [0.29, 0.717) is 6.42 Å². The van der Waals surface area contributed by atoms with Crippen LogP contribution in [0.1, 0.15) is 20.3 Å². The molecule has 0 aliphatic heterocycles. The number of anilines is 1. The van der Waals surface area contributed by atoms with Gasteiger partial charge in [-0.1, -0.05) is 13.8 Å². The summed E-state index contributed by atoms with van der Waals surface area (Å²) in [6, 6.07) is -0.777. The zero-order valence-corrected chi connectivity index (χ0v) is 10.2. The molecule has 1 aromatic heterocycles. The van der Waals surface area contributed by atoms with E-state index in [2.05, 4.69) is 10.3 Å². The summed E-state index contributed by atoms with van der Waals surface area (Å²) in [4.78, 5) is 24.6. The fourth-order valence-electron chi connectivity index (χ4n) is 1.26. The highest BCUT2D eigenvalue weighted by Gasteiger charge is 2.21. The molecule has 0 aliphatic carbocycles. The van der Waals surface area contributed by atoms with E-state index in [-0.39, 0.29) is 16.1 Å². The number of hydrogen-bond acceptors (Lipinski definition) is 6. The maximum atomic E-state index is 11.0. The molecule has 7 nitrogen and oxygen atoms in total. The zero-order chi connectivity index (χ0) is 13.0. The van der Waals surface area contributed by atoms with Gasteiger partial charge < -0.3 is 10.4 Å². The molecule has 0 fully saturated rings. The largest absolute Gasteiger partial charge is 0.480 e. The number of carboxylic acid groups (broad SMARTS) is 1. The summed E-state index contributed by atoms with van der Waals surface area (Å²) < 4.78 is 0. The van der Waals surface area contributed by atoms with Gasteiger partial charge in [-0.3, -0.25) is 10.1 Å². The van der Waals surface area contributed by atoms with E-state index in [1.54, 1.807) is 0 Å². The van der Waals surface area contributed by atoms with Crippen LogP contribution in [0, 0.1) is 16.0 Å². The number of nitrogens with zero attached hydrogens (tertiary/aromatic N) is 2. The van der Waals surface area contributed by atoms with Crippen LogP contribution in [0.2, 0.25) is 0 Å². The minimum Gasteiger partial charge on any atom is -0.480 e. The van der Waals surface area contributed by atoms with Crippen LogP contribution in [-0.4, -0.2) is 27.0 Å². The van der Waals surface area contributed by atoms with E-state index in [1.807, 2.05) is 13.8 Å². The van der Waals surface area contributed by atoms with Crippen molar-refractivity contribution in [2.45, 2.75) is 26.3 Å². The Balaban J connectivity index is 2.72. The minimum atomic E-state index is -0.989. The molecule has 1 atom stereocenters. The normalized spacial score (nSPS) is 12.4. The second kappa shape index (κ2) is 5.58. The van der Waals surface area contributed by atoms with Gasteiger partial charge in [-0.05, 0) is 23.7 Å². The van der Waals surface area contributed by atoms with Gasteiger partial charge >= 0.3 is 11.0 Å². The average molecular weight is 259 g/mol. The summed E-state index contributed by atoms with van der Waals surface area (Å²) in [6.07, 6.45) is 1.55.